The van der Waals surface area contributed by atoms with Gasteiger partial charge < -0.3 is 10.6 Å². The van der Waals surface area contributed by atoms with Gasteiger partial charge in [0.1, 0.15) is 11.5 Å². The highest BCUT2D eigenvalue weighted by atomic mass is 16.2. The third-order valence-corrected chi connectivity index (χ3v) is 6.53. The lowest BCUT2D eigenvalue weighted by Gasteiger charge is -2.37. The molecule has 7 nitrogen and oxygen atoms in total. The van der Waals surface area contributed by atoms with Crippen LogP contribution in [0.3, 0.4) is 0 Å². The lowest BCUT2D eigenvalue weighted by Crippen LogP contribution is -2.46. The van der Waals surface area contributed by atoms with E-state index in [0.717, 1.165) is 56.4 Å². The predicted octanol–water partition coefficient (Wildman–Crippen LogP) is 2.70. The molecule has 0 bridgehead atoms. The number of rotatable bonds is 5. The molecule has 2 aliphatic rings. The van der Waals surface area contributed by atoms with E-state index in [1.54, 1.807) is 12.4 Å². The lowest BCUT2D eigenvalue weighted by molar-refractivity contribution is -0.138. The van der Waals surface area contributed by atoms with Gasteiger partial charge in [0.2, 0.25) is 5.91 Å². The number of hydrogen-bond donors (Lipinski definition) is 1. The van der Waals surface area contributed by atoms with Crippen molar-refractivity contribution in [1.82, 2.24) is 19.8 Å². The Morgan fingerprint density at radius 2 is 1.71 bits per heavy atom. The quantitative estimate of drug-likeness (QED) is 0.747. The van der Waals surface area contributed by atoms with Crippen molar-refractivity contribution in [3.63, 3.8) is 0 Å². The second-order valence-corrected chi connectivity index (χ2v) is 8.82. The summed E-state index contributed by atoms with van der Waals surface area (Å²) in [6, 6.07) is 7.64. The number of ketones is 1. The van der Waals surface area contributed by atoms with Crippen LogP contribution in [-0.4, -0.2) is 57.6 Å². The van der Waals surface area contributed by atoms with Crippen LogP contribution in [0.2, 0.25) is 0 Å². The average Bonchev–Trinajstić information content (AvgIpc) is 2.79. The van der Waals surface area contributed by atoms with Gasteiger partial charge in [-0.2, -0.15) is 0 Å². The van der Waals surface area contributed by atoms with Crippen LogP contribution in [-0.2, 0) is 11.3 Å². The van der Waals surface area contributed by atoms with Gasteiger partial charge in [-0.3, -0.25) is 19.5 Å². The minimum absolute atomic E-state index is 0.0334. The number of pyridine rings is 2. The summed E-state index contributed by atoms with van der Waals surface area (Å²) in [6.07, 6.45) is 6.69. The van der Waals surface area contributed by atoms with Crippen molar-refractivity contribution in [2.24, 2.45) is 11.8 Å². The maximum Gasteiger partial charge on any atom is 0.225 e. The van der Waals surface area contributed by atoms with Gasteiger partial charge in [-0.05, 0) is 75.0 Å². The Bertz CT molecular complexity index is 914. The molecule has 2 fully saturated rings. The number of hydrogen-bond acceptors (Lipinski definition) is 6. The molecule has 4 heterocycles. The van der Waals surface area contributed by atoms with Crippen molar-refractivity contribution >= 4 is 17.5 Å². The largest absolute Gasteiger partial charge is 0.384 e. The highest BCUT2D eigenvalue weighted by Crippen LogP contribution is 2.26. The molecule has 2 saturated heterocycles. The Kier molecular flexibility index (Phi) is 6.61. The summed E-state index contributed by atoms with van der Waals surface area (Å²) in [5.74, 6) is 0.964. The van der Waals surface area contributed by atoms with Crippen LogP contribution in [0.4, 0.5) is 5.82 Å². The Balaban J connectivity index is 1.24. The molecule has 0 spiro atoms. The first-order chi connectivity index (χ1) is 15.0. The topological polar surface area (TPSA) is 92.4 Å². The first kappa shape index (κ1) is 21.4. The Morgan fingerprint density at radius 1 is 1.00 bits per heavy atom. The van der Waals surface area contributed by atoms with Crippen LogP contribution in [0.5, 0.6) is 0 Å². The molecule has 0 aliphatic carbocycles. The van der Waals surface area contributed by atoms with Crippen molar-refractivity contribution in [3.8, 4) is 0 Å². The van der Waals surface area contributed by atoms with Crippen molar-refractivity contribution in [1.29, 1.82) is 0 Å². The van der Waals surface area contributed by atoms with Gasteiger partial charge in [0.15, 0.2) is 5.78 Å². The summed E-state index contributed by atoms with van der Waals surface area (Å²) < 4.78 is 0. The van der Waals surface area contributed by atoms with Crippen molar-refractivity contribution in [3.05, 3.63) is 53.5 Å². The monoisotopic (exact) mass is 421 g/mol. The second kappa shape index (κ2) is 9.56. The van der Waals surface area contributed by atoms with Gasteiger partial charge in [-0.25, -0.2) is 4.98 Å². The SMILES string of the molecule is Cc1ccc(C(=O)C2CCN(C(=O)C3CCN(Cc4ccnc(N)c4)CC3)CC2)nc1. The molecule has 4 rings (SSSR count). The number of nitrogens with zero attached hydrogens (tertiary/aromatic N) is 4. The molecule has 0 radical (unpaired) electrons. The molecule has 31 heavy (non-hydrogen) atoms. The zero-order valence-corrected chi connectivity index (χ0v) is 18.2. The van der Waals surface area contributed by atoms with Crippen LogP contribution in [0.15, 0.2) is 36.7 Å². The molecule has 0 saturated carbocycles. The van der Waals surface area contributed by atoms with E-state index in [9.17, 15) is 9.59 Å². The highest BCUT2D eigenvalue weighted by Gasteiger charge is 2.33. The zero-order chi connectivity index (χ0) is 21.8. The number of aromatic nitrogens is 2. The summed E-state index contributed by atoms with van der Waals surface area (Å²) in [5.41, 5.74) is 8.52. The van der Waals surface area contributed by atoms with E-state index in [1.807, 2.05) is 36.1 Å². The van der Waals surface area contributed by atoms with E-state index in [0.29, 0.717) is 24.6 Å². The molecule has 7 heteroatoms. The minimum Gasteiger partial charge on any atom is -0.384 e. The average molecular weight is 422 g/mol. The van der Waals surface area contributed by atoms with E-state index >= 15 is 0 Å². The molecule has 0 atom stereocenters. The Morgan fingerprint density at radius 3 is 2.35 bits per heavy atom. The van der Waals surface area contributed by atoms with Crippen molar-refractivity contribution in [2.75, 3.05) is 31.9 Å². The molecular formula is C24H31N5O2. The van der Waals surface area contributed by atoms with E-state index in [2.05, 4.69) is 14.9 Å². The molecular weight excluding hydrogens is 390 g/mol. The lowest BCUT2D eigenvalue weighted by atomic mass is 9.89. The number of carbonyl (C=O) groups excluding carboxylic acids is 2. The van der Waals surface area contributed by atoms with Gasteiger partial charge in [0.25, 0.3) is 0 Å². The molecule has 164 valence electrons. The second-order valence-electron chi connectivity index (χ2n) is 8.82. The van der Waals surface area contributed by atoms with Crippen LogP contribution in [0.25, 0.3) is 0 Å². The maximum absolute atomic E-state index is 13.0. The van der Waals surface area contributed by atoms with E-state index < -0.39 is 0 Å². The van der Waals surface area contributed by atoms with E-state index in [-0.39, 0.29) is 23.5 Å². The van der Waals surface area contributed by atoms with Crippen molar-refractivity contribution < 1.29 is 9.59 Å². The van der Waals surface area contributed by atoms with E-state index in [4.69, 9.17) is 5.73 Å². The fourth-order valence-corrected chi connectivity index (χ4v) is 4.63. The number of amides is 1. The predicted molar refractivity (Wildman–Crippen MR) is 119 cm³/mol. The number of nitrogens with two attached hydrogens (primary N) is 1. The summed E-state index contributed by atoms with van der Waals surface area (Å²) in [4.78, 5) is 38.4. The van der Waals surface area contributed by atoms with Gasteiger partial charge in [-0.15, -0.1) is 0 Å². The van der Waals surface area contributed by atoms with Crippen LogP contribution >= 0.6 is 0 Å². The van der Waals surface area contributed by atoms with Crippen LogP contribution < -0.4 is 5.73 Å². The van der Waals surface area contributed by atoms with Gasteiger partial charge in [-0.1, -0.05) is 6.07 Å². The molecule has 0 aromatic carbocycles. The normalized spacial score (nSPS) is 18.8. The Hall–Kier alpha value is -2.80. The molecule has 1 amide bonds. The highest BCUT2D eigenvalue weighted by molar-refractivity contribution is 5.96. The summed E-state index contributed by atoms with van der Waals surface area (Å²) >= 11 is 0. The zero-order valence-electron chi connectivity index (χ0n) is 18.2. The fraction of sp³-hybridized carbons (Fsp3) is 0.500. The minimum atomic E-state index is -0.0334. The van der Waals surface area contributed by atoms with Crippen LogP contribution in [0, 0.1) is 18.8 Å². The molecule has 2 aromatic rings. The maximum atomic E-state index is 13.0. The number of likely N-dealkylation sites (tertiary alicyclic amines) is 2. The number of nitrogen functional groups attached to an aromatic ring is 1. The summed E-state index contributed by atoms with van der Waals surface area (Å²) in [7, 11) is 0. The molecule has 2 aliphatic heterocycles. The first-order valence-electron chi connectivity index (χ1n) is 11.2. The molecule has 2 N–H and O–H groups in total. The van der Waals surface area contributed by atoms with Gasteiger partial charge >= 0.3 is 0 Å². The standard InChI is InChI=1S/C24H31N5O2/c1-17-2-3-21(27-15-17)23(30)19-7-12-29(13-8-19)24(31)20-5-10-28(11-6-20)16-18-4-9-26-22(25)14-18/h2-4,9,14-15,19-20H,5-8,10-13,16H2,1H3,(H2,25,26). The third kappa shape index (κ3) is 5.28. The molecule has 0 unspecified atom stereocenters. The van der Waals surface area contributed by atoms with Crippen molar-refractivity contribution in [2.45, 2.75) is 39.2 Å². The third-order valence-electron chi connectivity index (χ3n) is 6.53. The smallest absolute Gasteiger partial charge is 0.225 e. The number of Topliss-reactive ketones (excluding diaryl/α,β-unsaturated/α-hetero) is 1. The number of carbonyl (C=O) groups is 2. The number of anilines is 1. The first-order valence-corrected chi connectivity index (χ1v) is 11.2. The summed E-state index contributed by atoms with van der Waals surface area (Å²) in [6.45, 7) is 5.95. The van der Waals surface area contributed by atoms with E-state index in [1.165, 1.54) is 0 Å². The Labute approximate surface area is 183 Å². The van der Waals surface area contributed by atoms with Gasteiger partial charge in [0, 0.05) is 43.9 Å². The van der Waals surface area contributed by atoms with Gasteiger partial charge in [0.05, 0.1) is 0 Å². The summed E-state index contributed by atoms with van der Waals surface area (Å²) in [5, 5.41) is 0. The number of aryl methyl sites for hydroxylation is 1. The number of piperidine rings is 2. The molecule has 2 aromatic heterocycles. The fourth-order valence-electron chi connectivity index (χ4n) is 4.63. The van der Waals surface area contributed by atoms with Crippen LogP contribution in [0.1, 0.15) is 47.3 Å².